The van der Waals surface area contributed by atoms with Crippen LogP contribution in [-0.2, 0) is 6.54 Å². The normalized spacial score (nSPS) is 11.0. The van der Waals surface area contributed by atoms with Crippen molar-refractivity contribution >= 4 is 34.2 Å². The molecule has 2 heterocycles. The largest absolute Gasteiger partial charge is 0.444 e. The van der Waals surface area contributed by atoms with E-state index >= 15 is 0 Å². The molecular weight excluding hydrogens is 354 g/mol. The van der Waals surface area contributed by atoms with Gasteiger partial charge in [-0.25, -0.2) is 4.98 Å². The molecule has 0 aliphatic heterocycles. The fourth-order valence-corrected chi connectivity index (χ4v) is 2.81. The summed E-state index contributed by atoms with van der Waals surface area (Å²) in [7, 11) is 0. The van der Waals surface area contributed by atoms with Crippen molar-refractivity contribution in [3.63, 3.8) is 0 Å². The maximum Gasteiger partial charge on any atom is 0.273 e. The maximum atomic E-state index is 12.3. The molecule has 0 saturated carbocycles. The summed E-state index contributed by atoms with van der Waals surface area (Å²) in [6.45, 7) is 0.346. The van der Waals surface area contributed by atoms with Gasteiger partial charge >= 0.3 is 0 Å². The number of aromatic nitrogens is 3. The quantitative estimate of drug-likeness (QED) is 0.512. The van der Waals surface area contributed by atoms with Gasteiger partial charge in [0.15, 0.2) is 11.5 Å². The zero-order chi connectivity index (χ0) is 18.1. The summed E-state index contributed by atoms with van der Waals surface area (Å²) in [5, 5.41) is 11.0. The first-order valence-electron chi connectivity index (χ1n) is 7.82. The predicted molar refractivity (Wildman–Crippen MR) is 98.6 cm³/mol. The van der Waals surface area contributed by atoms with Gasteiger partial charge in [-0.05, 0) is 35.9 Å². The molecule has 4 aromatic rings. The number of H-pyrrole nitrogens is 1. The Kier molecular flexibility index (Phi) is 4.06. The van der Waals surface area contributed by atoms with Crippen LogP contribution in [0.2, 0.25) is 5.02 Å². The second-order valence-electron chi connectivity index (χ2n) is 5.72. The van der Waals surface area contributed by atoms with Crippen molar-refractivity contribution in [1.29, 1.82) is 0 Å². The minimum atomic E-state index is -0.330. The van der Waals surface area contributed by atoms with Crippen LogP contribution < -0.4 is 11.1 Å². The van der Waals surface area contributed by atoms with E-state index in [0.29, 0.717) is 28.8 Å². The number of carbonyl (C=O) groups is 1. The van der Waals surface area contributed by atoms with Crippen LogP contribution in [-0.4, -0.2) is 21.1 Å². The third-order valence-electron chi connectivity index (χ3n) is 3.92. The molecule has 1 amide bonds. The molecule has 0 unspecified atom stereocenters. The number of benzene rings is 2. The number of nitrogens with one attached hydrogen (secondary N) is 2. The highest BCUT2D eigenvalue weighted by molar-refractivity contribution is 6.30. The van der Waals surface area contributed by atoms with Crippen LogP contribution in [0.3, 0.4) is 0 Å². The Morgan fingerprint density at radius 3 is 3.00 bits per heavy atom. The Morgan fingerprint density at radius 2 is 2.15 bits per heavy atom. The van der Waals surface area contributed by atoms with Crippen molar-refractivity contribution in [2.75, 3.05) is 5.73 Å². The van der Waals surface area contributed by atoms with E-state index in [2.05, 4.69) is 20.5 Å². The molecule has 0 radical (unpaired) electrons. The number of aromatic amines is 1. The topological polar surface area (TPSA) is 110 Å². The first-order chi connectivity index (χ1) is 12.6. The summed E-state index contributed by atoms with van der Waals surface area (Å²) in [6, 6.07) is 12.7. The van der Waals surface area contributed by atoms with Crippen molar-refractivity contribution in [3.8, 4) is 11.5 Å². The zero-order valence-electron chi connectivity index (χ0n) is 13.5. The number of rotatable bonds is 4. The van der Waals surface area contributed by atoms with Gasteiger partial charge in [0, 0.05) is 22.5 Å². The van der Waals surface area contributed by atoms with E-state index < -0.39 is 0 Å². The SMILES string of the molecule is Nc1n[nH]c2ccc(-c3nc(C(=O)NCc4cccc(Cl)c4)co3)cc12. The number of nitrogen functional groups attached to an aromatic ring is 1. The van der Waals surface area contributed by atoms with E-state index in [0.717, 1.165) is 16.5 Å². The van der Waals surface area contributed by atoms with Crippen LogP contribution in [0.25, 0.3) is 22.4 Å². The molecule has 4 rings (SSSR count). The number of carbonyl (C=O) groups excluding carboxylic acids is 1. The van der Waals surface area contributed by atoms with Crippen molar-refractivity contribution in [2.45, 2.75) is 6.54 Å². The molecule has 26 heavy (non-hydrogen) atoms. The number of amides is 1. The van der Waals surface area contributed by atoms with Crippen LogP contribution in [0.5, 0.6) is 0 Å². The third-order valence-corrected chi connectivity index (χ3v) is 4.15. The van der Waals surface area contributed by atoms with Gasteiger partial charge in [0.1, 0.15) is 6.26 Å². The summed E-state index contributed by atoms with van der Waals surface area (Å²) in [4.78, 5) is 16.5. The number of nitrogens with zero attached hydrogens (tertiary/aromatic N) is 2. The molecular formula is C18H14ClN5O2. The highest BCUT2D eigenvalue weighted by Gasteiger charge is 2.14. The molecule has 0 spiro atoms. The summed E-state index contributed by atoms with van der Waals surface area (Å²) in [5.74, 6) is 0.400. The van der Waals surface area contributed by atoms with E-state index in [1.807, 2.05) is 30.3 Å². The number of nitrogens with two attached hydrogens (primary N) is 1. The molecule has 8 heteroatoms. The van der Waals surface area contributed by atoms with Crippen LogP contribution in [0.4, 0.5) is 5.82 Å². The van der Waals surface area contributed by atoms with Gasteiger partial charge in [-0.3, -0.25) is 9.89 Å². The van der Waals surface area contributed by atoms with E-state index in [1.54, 1.807) is 12.1 Å². The highest BCUT2D eigenvalue weighted by atomic mass is 35.5. The molecule has 7 nitrogen and oxygen atoms in total. The lowest BCUT2D eigenvalue weighted by Crippen LogP contribution is -2.23. The molecule has 130 valence electrons. The van der Waals surface area contributed by atoms with Gasteiger partial charge in [0.2, 0.25) is 5.89 Å². The van der Waals surface area contributed by atoms with Crippen molar-refractivity contribution in [2.24, 2.45) is 0 Å². The molecule has 0 bridgehead atoms. The van der Waals surface area contributed by atoms with E-state index in [4.69, 9.17) is 21.8 Å². The summed E-state index contributed by atoms with van der Waals surface area (Å²) < 4.78 is 5.44. The standard InChI is InChI=1S/C18H14ClN5O2/c19-12-3-1-2-10(6-12)8-21-17(25)15-9-26-18(22-15)11-4-5-14-13(7-11)16(20)24-23-14/h1-7,9H,8H2,(H,21,25)(H3,20,23,24). The van der Waals surface area contributed by atoms with Crippen molar-refractivity contribution in [1.82, 2.24) is 20.5 Å². The Bertz CT molecular complexity index is 1100. The van der Waals surface area contributed by atoms with Crippen molar-refractivity contribution < 1.29 is 9.21 Å². The number of hydrogen-bond acceptors (Lipinski definition) is 5. The van der Waals surface area contributed by atoms with E-state index in [-0.39, 0.29) is 11.6 Å². The monoisotopic (exact) mass is 367 g/mol. The fourth-order valence-electron chi connectivity index (χ4n) is 2.60. The number of anilines is 1. The van der Waals surface area contributed by atoms with Crippen LogP contribution in [0.15, 0.2) is 53.1 Å². The van der Waals surface area contributed by atoms with E-state index in [9.17, 15) is 4.79 Å². The van der Waals surface area contributed by atoms with Crippen molar-refractivity contribution in [3.05, 3.63) is 65.0 Å². The number of oxazole rings is 1. The second kappa shape index (κ2) is 6.53. The predicted octanol–water partition coefficient (Wildman–Crippen LogP) is 3.38. The van der Waals surface area contributed by atoms with Gasteiger partial charge in [-0.2, -0.15) is 5.10 Å². The first kappa shape index (κ1) is 16.2. The second-order valence-corrected chi connectivity index (χ2v) is 6.16. The van der Waals surface area contributed by atoms with Crippen LogP contribution >= 0.6 is 11.6 Å². The summed E-state index contributed by atoms with van der Waals surface area (Å²) in [6.07, 6.45) is 1.32. The van der Waals surface area contributed by atoms with Gasteiger partial charge in [-0.15, -0.1) is 0 Å². The maximum absolute atomic E-state index is 12.3. The Balaban J connectivity index is 1.51. The molecule has 0 aliphatic carbocycles. The molecule has 0 saturated heterocycles. The number of hydrogen-bond donors (Lipinski definition) is 3. The van der Waals surface area contributed by atoms with Crippen LogP contribution in [0, 0.1) is 0 Å². The highest BCUT2D eigenvalue weighted by Crippen LogP contribution is 2.25. The molecule has 0 fully saturated rings. The summed E-state index contributed by atoms with van der Waals surface area (Å²) in [5.41, 5.74) is 8.44. The lowest BCUT2D eigenvalue weighted by Gasteiger charge is -2.03. The molecule has 4 N–H and O–H groups in total. The molecule has 2 aromatic carbocycles. The average Bonchev–Trinajstić information content (AvgIpc) is 3.27. The first-order valence-corrected chi connectivity index (χ1v) is 8.20. The smallest absolute Gasteiger partial charge is 0.273 e. The zero-order valence-corrected chi connectivity index (χ0v) is 14.2. The number of halogens is 1. The minimum Gasteiger partial charge on any atom is -0.444 e. The molecule has 2 aromatic heterocycles. The van der Waals surface area contributed by atoms with Gasteiger partial charge in [0.05, 0.1) is 5.52 Å². The molecule has 0 aliphatic rings. The van der Waals surface area contributed by atoms with Gasteiger partial charge in [-0.1, -0.05) is 23.7 Å². The molecule has 0 atom stereocenters. The fraction of sp³-hybridized carbons (Fsp3) is 0.0556. The summed E-state index contributed by atoms with van der Waals surface area (Å²) >= 11 is 5.94. The minimum absolute atomic E-state index is 0.197. The van der Waals surface area contributed by atoms with Gasteiger partial charge in [0.25, 0.3) is 5.91 Å². The Hall–Kier alpha value is -3.32. The average molecular weight is 368 g/mol. The lowest BCUT2D eigenvalue weighted by molar-refractivity contribution is 0.0946. The lowest BCUT2D eigenvalue weighted by atomic mass is 10.1. The third kappa shape index (κ3) is 3.12. The van der Waals surface area contributed by atoms with E-state index in [1.165, 1.54) is 6.26 Å². The Morgan fingerprint density at radius 1 is 1.27 bits per heavy atom. The Labute approximate surface area is 153 Å². The van der Waals surface area contributed by atoms with Gasteiger partial charge < -0.3 is 15.5 Å². The number of fused-ring (bicyclic) bond motifs is 1. The van der Waals surface area contributed by atoms with Crippen LogP contribution in [0.1, 0.15) is 16.1 Å².